The van der Waals surface area contributed by atoms with Gasteiger partial charge < -0.3 is 9.84 Å². The van der Waals surface area contributed by atoms with E-state index in [1.54, 1.807) is 24.3 Å². The summed E-state index contributed by atoms with van der Waals surface area (Å²) in [4.78, 5) is 38.0. The smallest absolute Gasteiger partial charge is 0.481 e. The first kappa shape index (κ1) is 23.6. The molecule has 0 aliphatic heterocycles. The number of amides is 1. The molecular formula is C21H21N3O6PS+. The number of aromatic nitrogens is 1. The van der Waals surface area contributed by atoms with Crippen LogP contribution in [0.4, 0.5) is 5.13 Å². The number of benzene rings is 2. The van der Waals surface area contributed by atoms with E-state index in [1.165, 1.54) is 5.38 Å². The molecule has 0 aliphatic rings. The summed E-state index contributed by atoms with van der Waals surface area (Å²) < 4.78 is 17.7. The molecule has 2 unspecified atom stereocenters. The highest BCUT2D eigenvalue weighted by atomic mass is 32.1. The molecule has 3 rings (SSSR count). The molecule has 11 heteroatoms. The van der Waals surface area contributed by atoms with Crippen LogP contribution in [0.1, 0.15) is 16.8 Å². The lowest BCUT2D eigenvalue weighted by Gasteiger charge is -2.28. The number of hydrogen-bond acceptors (Lipinski definition) is 6. The third-order valence-electron chi connectivity index (χ3n) is 4.37. The molecule has 9 nitrogen and oxygen atoms in total. The van der Waals surface area contributed by atoms with E-state index >= 15 is 0 Å². The SMILES string of the molecule is O=C(O)Cc1csc(NC(=O)C(Cc2ccccc2)(N[P+](=O)O)OCc2ccccc2)n1. The molecular weight excluding hydrogens is 453 g/mol. The highest BCUT2D eigenvalue weighted by molar-refractivity contribution is 7.35. The lowest BCUT2D eigenvalue weighted by molar-refractivity contribution is -0.145. The molecule has 0 spiro atoms. The van der Waals surface area contributed by atoms with Crippen molar-refractivity contribution in [2.75, 3.05) is 5.32 Å². The molecule has 0 radical (unpaired) electrons. The second kappa shape index (κ2) is 11.0. The molecule has 4 N–H and O–H groups in total. The maximum Gasteiger partial charge on any atom is 0.613 e. The van der Waals surface area contributed by atoms with Crippen LogP contribution in [0.15, 0.2) is 66.0 Å². The zero-order chi connectivity index (χ0) is 23.0. The Morgan fingerprint density at radius 1 is 1.06 bits per heavy atom. The summed E-state index contributed by atoms with van der Waals surface area (Å²) in [5.41, 5.74) is -0.132. The van der Waals surface area contributed by atoms with Crippen LogP contribution in [0.5, 0.6) is 0 Å². The van der Waals surface area contributed by atoms with Crippen molar-refractivity contribution < 1.29 is 28.9 Å². The van der Waals surface area contributed by atoms with Gasteiger partial charge >= 0.3 is 14.1 Å². The van der Waals surface area contributed by atoms with Crippen molar-refractivity contribution in [1.29, 1.82) is 0 Å². The van der Waals surface area contributed by atoms with Gasteiger partial charge in [0.1, 0.15) is 0 Å². The molecule has 166 valence electrons. The van der Waals surface area contributed by atoms with E-state index in [-0.39, 0.29) is 30.3 Å². The van der Waals surface area contributed by atoms with Gasteiger partial charge in [-0.15, -0.1) is 16.2 Å². The minimum Gasteiger partial charge on any atom is -0.481 e. The summed E-state index contributed by atoms with van der Waals surface area (Å²) in [5.74, 6) is -1.78. The number of aliphatic carboxylic acids is 1. The van der Waals surface area contributed by atoms with Gasteiger partial charge in [-0.2, -0.15) is 0 Å². The van der Waals surface area contributed by atoms with Crippen LogP contribution in [-0.2, 0) is 38.3 Å². The van der Waals surface area contributed by atoms with Crippen LogP contribution in [0.2, 0.25) is 0 Å². The van der Waals surface area contributed by atoms with E-state index in [1.807, 2.05) is 36.4 Å². The minimum atomic E-state index is -2.96. The van der Waals surface area contributed by atoms with Crippen molar-refractivity contribution >= 4 is 36.5 Å². The summed E-state index contributed by atoms with van der Waals surface area (Å²) in [6, 6.07) is 18.0. The van der Waals surface area contributed by atoms with Crippen molar-refractivity contribution in [2.24, 2.45) is 0 Å². The van der Waals surface area contributed by atoms with Crippen molar-refractivity contribution in [3.63, 3.8) is 0 Å². The predicted octanol–water partition coefficient (Wildman–Crippen LogP) is 3.10. The molecule has 0 saturated carbocycles. The van der Waals surface area contributed by atoms with Gasteiger partial charge in [0, 0.05) is 11.8 Å². The molecule has 0 fully saturated rings. The van der Waals surface area contributed by atoms with E-state index < -0.39 is 25.8 Å². The normalized spacial score (nSPS) is 13.2. The Morgan fingerprint density at radius 2 is 1.69 bits per heavy atom. The van der Waals surface area contributed by atoms with E-state index in [9.17, 15) is 19.0 Å². The molecule has 0 saturated heterocycles. The van der Waals surface area contributed by atoms with E-state index in [2.05, 4.69) is 15.4 Å². The number of hydrogen-bond donors (Lipinski definition) is 4. The topological polar surface area (TPSA) is 138 Å². The number of thiazole rings is 1. The number of rotatable bonds is 11. The summed E-state index contributed by atoms with van der Waals surface area (Å²) in [6.45, 7) is -0.000595. The Hall–Kier alpha value is -3.01. The van der Waals surface area contributed by atoms with Crippen LogP contribution in [0.3, 0.4) is 0 Å². The maximum absolute atomic E-state index is 13.3. The zero-order valence-corrected chi connectivity index (χ0v) is 18.5. The van der Waals surface area contributed by atoms with Crippen molar-refractivity contribution in [2.45, 2.75) is 25.2 Å². The van der Waals surface area contributed by atoms with Gasteiger partial charge in [-0.05, 0) is 20.8 Å². The maximum atomic E-state index is 13.3. The fraction of sp³-hybridized carbons (Fsp3) is 0.190. The molecule has 1 heterocycles. The first-order valence-electron chi connectivity index (χ1n) is 9.50. The Morgan fingerprint density at radius 3 is 2.28 bits per heavy atom. The third-order valence-corrected chi connectivity index (χ3v) is 5.73. The van der Waals surface area contributed by atoms with Crippen molar-refractivity contribution in [3.8, 4) is 0 Å². The van der Waals surface area contributed by atoms with Gasteiger partial charge in [0.05, 0.1) is 18.7 Å². The number of nitrogens with one attached hydrogen (secondary N) is 2. The molecule has 1 aromatic heterocycles. The third kappa shape index (κ3) is 6.74. The van der Waals surface area contributed by atoms with Gasteiger partial charge in [0.2, 0.25) is 5.72 Å². The fourth-order valence-electron chi connectivity index (χ4n) is 2.94. The standard InChI is InChI=1S/C21H20N3O6PS/c25-18(26)11-17-14-32-20(22-17)23-19(27)21(24-31(28)29,12-15-7-3-1-4-8-15)30-13-16-9-5-2-6-10-16/h1-10,14H,11-13H2,(H3-,22,23,24,25,26,27,28,29)/p+1. The quantitative estimate of drug-likeness (QED) is 0.246. The average molecular weight is 474 g/mol. The molecule has 2 atom stereocenters. The molecule has 32 heavy (non-hydrogen) atoms. The van der Waals surface area contributed by atoms with Crippen LogP contribution in [0.25, 0.3) is 0 Å². The van der Waals surface area contributed by atoms with Crippen molar-refractivity contribution in [1.82, 2.24) is 10.1 Å². The fourth-order valence-corrected chi connectivity index (χ4v) is 4.20. The number of ether oxygens (including phenoxy) is 1. The number of carbonyl (C=O) groups excluding carboxylic acids is 1. The second-order valence-electron chi connectivity index (χ2n) is 6.82. The van der Waals surface area contributed by atoms with E-state index in [0.717, 1.165) is 16.9 Å². The number of anilines is 1. The van der Waals surface area contributed by atoms with Gasteiger partial charge in [0.25, 0.3) is 5.91 Å². The van der Waals surface area contributed by atoms with Gasteiger partial charge in [-0.25, -0.2) is 4.98 Å². The molecule has 3 aromatic rings. The molecule has 2 aromatic carbocycles. The Kier molecular flexibility index (Phi) is 8.15. The Bertz CT molecular complexity index is 1080. The number of carboxylic acids is 1. The molecule has 0 aliphatic carbocycles. The van der Waals surface area contributed by atoms with Crippen LogP contribution < -0.4 is 10.4 Å². The van der Waals surface area contributed by atoms with Crippen LogP contribution in [0, 0.1) is 0 Å². The Balaban J connectivity index is 1.90. The number of carboxylic acid groups (broad SMARTS) is 1. The molecule has 0 bridgehead atoms. The highest BCUT2D eigenvalue weighted by Crippen LogP contribution is 2.27. The lowest BCUT2D eigenvalue weighted by Crippen LogP contribution is -2.55. The lowest BCUT2D eigenvalue weighted by atomic mass is 10.0. The number of carbonyl (C=O) groups is 2. The largest absolute Gasteiger partial charge is 0.613 e. The summed E-state index contributed by atoms with van der Waals surface area (Å²) in [5, 5.41) is 15.6. The summed E-state index contributed by atoms with van der Waals surface area (Å²) in [7, 11) is -2.96. The van der Waals surface area contributed by atoms with E-state index in [0.29, 0.717) is 5.56 Å². The number of nitrogens with zero attached hydrogens (tertiary/aromatic N) is 1. The molecule has 1 amide bonds. The summed E-state index contributed by atoms with van der Waals surface area (Å²) >= 11 is 1.05. The van der Waals surface area contributed by atoms with E-state index in [4.69, 9.17) is 9.84 Å². The Labute approximate surface area is 189 Å². The van der Waals surface area contributed by atoms with Gasteiger partial charge in [-0.1, -0.05) is 60.7 Å². The first-order valence-corrected chi connectivity index (χ1v) is 11.6. The minimum absolute atomic E-state index is 0.000595. The zero-order valence-electron chi connectivity index (χ0n) is 16.8. The second-order valence-corrected chi connectivity index (χ2v) is 8.44. The first-order chi connectivity index (χ1) is 15.4. The predicted molar refractivity (Wildman–Crippen MR) is 119 cm³/mol. The van der Waals surface area contributed by atoms with Crippen LogP contribution in [-0.4, -0.2) is 32.6 Å². The van der Waals surface area contributed by atoms with Crippen molar-refractivity contribution in [3.05, 3.63) is 82.9 Å². The average Bonchev–Trinajstić information content (AvgIpc) is 3.19. The van der Waals surface area contributed by atoms with Gasteiger partial charge in [0.15, 0.2) is 5.13 Å². The van der Waals surface area contributed by atoms with Gasteiger partial charge in [-0.3, -0.25) is 14.9 Å². The van der Waals surface area contributed by atoms with Crippen LogP contribution >= 0.6 is 19.5 Å². The monoisotopic (exact) mass is 474 g/mol. The highest BCUT2D eigenvalue weighted by Gasteiger charge is 2.47. The summed E-state index contributed by atoms with van der Waals surface area (Å²) in [6.07, 6.45) is -0.325.